The molecule has 1 aliphatic rings. The van der Waals surface area contributed by atoms with Crippen molar-refractivity contribution in [2.45, 2.75) is 25.6 Å². The fraction of sp³-hybridized carbons (Fsp3) is 0.333. The van der Waals surface area contributed by atoms with Gasteiger partial charge in [0.05, 0.1) is 22.8 Å². The summed E-state index contributed by atoms with van der Waals surface area (Å²) in [5, 5.41) is 13.4. The van der Waals surface area contributed by atoms with E-state index in [-0.39, 0.29) is 11.2 Å². The van der Waals surface area contributed by atoms with E-state index in [1.807, 2.05) is 24.1 Å². The number of hydrogen-bond acceptors (Lipinski definition) is 7. The lowest BCUT2D eigenvalue weighted by atomic mass is 10.1. The van der Waals surface area contributed by atoms with Crippen LogP contribution in [0.15, 0.2) is 29.6 Å². The normalized spacial score (nSPS) is 19.7. The highest BCUT2D eigenvalue weighted by molar-refractivity contribution is 7.14. The predicted molar refractivity (Wildman–Crippen MR) is 86.6 cm³/mol. The first-order valence-corrected chi connectivity index (χ1v) is 7.87. The number of anilines is 1. The Hall–Kier alpha value is -2.32. The van der Waals surface area contributed by atoms with Crippen molar-refractivity contribution >= 4 is 28.4 Å². The molecule has 8 heteroatoms. The Labute approximate surface area is 136 Å². The van der Waals surface area contributed by atoms with E-state index in [2.05, 4.69) is 4.98 Å². The molecule has 0 saturated carbocycles. The third-order valence-corrected chi connectivity index (χ3v) is 4.52. The Balaban J connectivity index is 1.96. The van der Waals surface area contributed by atoms with Crippen LogP contribution in [0.1, 0.15) is 13.8 Å². The van der Waals surface area contributed by atoms with Gasteiger partial charge in [-0.15, -0.1) is 11.3 Å². The molecule has 1 atom stereocenters. The number of thiazole rings is 1. The largest absolute Gasteiger partial charge is 0.349 e. The zero-order valence-corrected chi connectivity index (χ0v) is 13.4. The fourth-order valence-corrected chi connectivity index (χ4v) is 3.55. The van der Waals surface area contributed by atoms with Gasteiger partial charge in [-0.2, -0.15) is 0 Å². The number of nitro benzene ring substituents is 1. The van der Waals surface area contributed by atoms with Crippen molar-refractivity contribution in [3.05, 3.63) is 39.8 Å². The third-order valence-electron chi connectivity index (χ3n) is 3.68. The van der Waals surface area contributed by atoms with E-state index in [9.17, 15) is 14.9 Å². The van der Waals surface area contributed by atoms with Gasteiger partial charge in [0.15, 0.2) is 17.6 Å². The Kier molecular flexibility index (Phi) is 3.87. The summed E-state index contributed by atoms with van der Waals surface area (Å²) < 4.78 is 5.49. The van der Waals surface area contributed by atoms with E-state index >= 15 is 0 Å². The van der Waals surface area contributed by atoms with Gasteiger partial charge < -0.3 is 9.64 Å². The number of carbonyl (C=O) groups is 1. The highest BCUT2D eigenvalue weighted by atomic mass is 32.1. The second-order valence-electron chi connectivity index (χ2n) is 5.84. The lowest BCUT2D eigenvalue weighted by molar-refractivity contribution is -0.384. The summed E-state index contributed by atoms with van der Waals surface area (Å²) >= 11 is 1.38. The van der Waals surface area contributed by atoms with E-state index in [0.29, 0.717) is 23.0 Å². The van der Waals surface area contributed by atoms with Crippen LogP contribution in [0.5, 0.6) is 0 Å². The van der Waals surface area contributed by atoms with Crippen molar-refractivity contribution in [1.29, 1.82) is 0 Å². The van der Waals surface area contributed by atoms with E-state index in [4.69, 9.17) is 4.74 Å². The number of nitro groups is 1. The van der Waals surface area contributed by atoms with Gasteiger partial charge in [-0.3, -0.25) is 14.9 Å². The second kappa shape index (κ2) is 5.71. The first-order valence-electron chi connectivity index (χ1n) is 6.99. The quantitative estimate of drug-likeness (QED) is 0.486. The average Bonchev–Trinajstić information content (AvgIpc) is 3.10. The predicted octanol–water partition coefficient (Wildman–Crippen LogP) is 2.86. The molecule has 1 unspecified atom stereocenters. The van der Waals surface area contributed by atoms with Gasteiger partial charge in [0.25, 0.3) is 5.69 Å². The molecule has 1 aliphatic heterocycles. The number of nitrogens with zero attached hydrogens (tertiary/aromatic N) is 3. The van der Waals surface area contributed by atoms with Crippen molar-refractivity contribution in [3.8, 4) is 11.3 Å². The maximum absolute atomic E-state index is 11.2. The SMILES string of the molecule is CC1(C)COC(C=O)N1c1nc(-c2cccc([N+](=O)[O-])c2)cs1. The van der Waals surface area contributed by atoms with Gasteiger partial charge in [-0.25, -0.2) is 4.98 Å². The molecule has 2 heterocycles. The average molecular weight is 333 g/mol. The van der Waals surface area contributed by atoms with Gasteiger partial charge in [0.1, 0.15) is 0 Å². The van der Waals surface area contributed by atoms with Gasteiger partial charge in [0, 0.05) is 23.1 Å². The Morgan fingerprint density at radius 2 is 2.30 bits per heavy atom. The zero-order chi connectivity index (χ0) is 16.6. The molecule has 0 aliphatic carbocycles. The van der Waals surface area contributed by atoms with Crippen LogP contribution in [0.25, 0.3) is 11.3 Å². The van der Waals surface area contributed by atoms with E-state index in [1.165, 1.54) is 23.5 Å². The minimum atomic E-state index is -0.658. The molecule has 1 aromatic carbocycles. The maximum Gasteiger partial charge on any atom is 0.270 e. The molecule has 1 aromatic heterocycles. The highest BCUT2D eigenvalue weighted by Crippen LogP contribution is 2.36. The lowest BCUT2D eigenvalue weighted by Gasteiger charge is -2.30. The molecular formula is C15H15N3O4S. The number of rotatable bonds is 4. The number of benzene rings is 1. The third kappa shape index (κ3) is 2.82. The van der Waals surface area contributed by atoms with Crippen LogP contribution in [0, 0.1) is 10.1 Å². The molecule has 3 rings (SSSR count). The number of aldehydes is 1. The summed E-state index contributed by atoms with van der Waals surface area (Å²) in [6, 6.07) is 6.33. The fourth-order valence-electron chi connectivity index (χ4n) is 2.53. The van der Waals surface area contributed by atoms with Crippen LogP contribution in [0.4, 0.5) is 10.8 Å². The smallest absolute Gasteiger partial charge is 0.270 e. The highest BCUT2D eigenvalue weighted by Gasteiger charge is 2.42. The van der Waals surface area contributed by atoms with Crippen molar-refractivity contribution in [1.82, 2.24) is 4.98 Å². The van der Waals surface area contributed by atoms with Crippen LogP contribution in [-0.4, -0.2) is 34.6 Å². The molecule has 1 fully saturated rings. The molecule has 0 radical (unpaired) electrons. The molecule has 1 saturated heterocycles. The van der Waals surface area contributed by atoms with Crippen LogP contribution >= 0.6 is 11.3 Å². The summed E-state index contributed by atoms with van der Waals surface area (Å²) in [5.74, 6) is 0. The van der Waals surface area contributed by atoms with Gasteiger partial charge in [-0.05, 0) is 13.8 Å². The number of aromatic nitrogens is 1. The van der Waals surface area contributed by atoms with Crippen LogP contribution < -0.4 is 4.90 Å². The first kappa shape index (κ1) is 15.6. The standard InChI is InChI=1S/C15H15N3O4S/c1-15(2)9-22-13(7-19)17(15)14-16-12(8-23-14)10-4-3-5-11(6-10)18(20)21/h3-8,13H,9H2,1-2H3. The lowest BCUT2D eigenvalue weighted by Crippen LogP contribution is -2.45. The zero-order valence-electron chi connectivity index (χ0n) is 12.6. The monoisotopic (exact) mass is 333 g/mol. The van der Waals surface area contributed by atoms with Crippen LogP contribution in [0.3, 0.4) is 0 Å². The van der Waals surface area contributed by atoms with Gasteiger partial charge >= 0.3 is 0 Å². The summed E-state index contributed by atoms with van der Waals surface area (Å²) in [6.07, 6.45) is 0.0949. The molecule has 7 nitrogen and oxygen atoms in total. The van der Waals surface area contributed by atoms with E-state index in [0.717, 1.165) is 6.29 Å². The maximum atomic E-state index is 11.2. The molecule has 120 valence electrons. The van der Waals surface area contributed by atoms with Crippen molar-refractivity contribution < 1.29 is 14.5 Å². The van der Waals surface area contributed by atoms with Crippen LogP contribution in [0.2, 0.25) is 0 Å². The molecule has 2 aromatic rings. The number of ether oxygens (including phenoxy) is 1. The molecule has 0 bridgehead atoms. The summed E-state index contributed by atoms with van der Waals surface area (Å²) in [4.78, 5) is 28.0. The molecular weight excluding hydrogens is 318 g/mol. The minimum absolute atomic E-state index is 0.0210. The number of hydrogen-bond donors (Lipinski definition) is 0. The van der Waals surface area contributed by atoms with Crippen molar-refractivity contribution in [2.75, 3.05) is 11.5 Å². The summed E-state index contributed by atoms with van der Waals surface area (Å²) in [7, 11) is 0. The topological polar surface area (TPSA) is 85.6 Å². The van der Waals surface area contributed by atoms with Crippen LogP contribution in [-0.2, 0) is 9.53 Å². The number of non-ortho nitro benzene ring substituents is 1. The van der Waals surface area contributed by atoms with E-state index in [1.54, 1.807) is 12.1 Å². The minimum Gasteiger partial charge on any atom is -0.349 e. The second-order valence-corrected chi connectivity index (χ2v) is 6.68. The van der Waals surface area contributed by atoms with Crippen molar-refractivity contribution in [3.63, 3.8) is 0 Å². The Morgan fingerprint density at radius 1 is 1.52 bits per heavy atom. The Morgan fingerprint density at radius 3 is 3.00 bits per heavy atom. The molecule has 0 N–H and O–H groups in total. The van der Waals surface area contributed by atoms with Gasteiger partial charge in [0.2, 0.25) is 0 Å². The van der Waals surface area contributed by atoms with E-state index < -0.39 is 11.2 Å². The van der Waals surface area contributed by atoms with Gasteiger partial charge in [-0.1, -0.05) is 12.1 Å². The molecule has 0 amide bonds. The summed E-state index contributed by atoms with van der Waals surface area (Å²) in [6.45, 7) is 4.39. The molecule has 23 heavy (non-hydrogen) atoms. The number of carbonyl (C=O) groups excluding carboxylic acids is 1. The first-order chi connectivity index (χ1) is 10.9. The summed E-state index contributed by atoms with van der Waals surface area (Å²) in [5.41, 5.74) is 0.986. The van der Waals surface area contributed by atoms with Crippen molar-refractivity contribution in [2.24, 2.45) is 0 Å². The molecule has 0 spiro atoms. The Bertz CT molecular complexity index is 759.